The molecular weight excluding hydrogens is 448 g/mol. The summed E-state index contributed by atoms with van der Waals surface area (Å²) >= 11 is 1.35. The molecule has 3 N–H and O–H groups in total. The van der Waals surface area contributed by atoms with Gasteiger partial charge in [0.1, 0.15) is 10.7 Å². The largest absolute Gasteiger partial charge is 0.504 e. The maximum atomic E-state index is 12.9. The Morgan fingerprint density at radius 3 is 2.75 bits per heavy atom. The van der Waals surface area contributed by atoms with Crippen molar-refractivity contribution in [2.45, 2.75) is 24.7 Å². The Hall–Kier alpha value is -2.95. The topological polar surface area (TPSA) is 118 Å². The SMILES string of the molecule is CCOc1cc(/C(=N\N)c2nc(-c3cccc(S(=O)(=O)N4CCCC4)c3)cs2)ccc1O. The molecule has 1 aromatic heterocycles. The molecule has 1 aliphatic heterocycles. The number of nitrogens with zero attached hydrogens (tertiary/aromatic N) is 3. The molecule has 1 aliphatic rings. The molecule has 1 fully saturated rings. The monoisotopic (exact) mass is 472 g/mol. The van der Waals surface area contributed by atoms with Crippen LogP contribution in [0.5, 0.6) is 11.5 Å². The first kappa shape index (κ1) is 22.3. The van der Waals surface area contributed by atoms with Crippen LogP contribution < -0.4 is 10.6 Å². The predicted molar refractivity (Wildman–Crippen MR) is 125 cm³/mol. The van der Waals surface area contributed by atoms with Crippen LogP contribution in [0.15, 0.2) is 57.8 Å². The van der Waals surface area contributed by atoms with Crippen molar-refractivity contribution in [3.05, 3.63) is 58.4 Å². The van der Waals surface area contributed by atoms with Gasteiger partial charge < -0.3 is 15.7 Å². The van der Waals surface area contributed by atoms with Crippen LogP contribution in [0.3, 0.4) is 0 Å². The molecule has 4 rings (SSSR count). The number of sulfonamides is 1. The molecule has 0 unspecified atom stereocenters. The van der Waals surface area contributed by atoms with Gasteiger partial charge in [0.15, 0.2) is 11.5 Å². The predicted octanol–water partition coefficient (Wildman–Crippen LogP) is 3.41. The lowest BCUT2D eigenvalue weighted by Crippen LogP contribution is -2.27. The Morgan fingerprint density at radius 2 is 2.03 bits per heavy atom. The zero-order valence-corrected chi connectivity index (χ0v) is 19.2. The number of benzene rings is 2. The van der Waals surface area contributed by atoms with Crippen LogP contribution in [0.25, 0.3) is 11.3 Å². The third kappa shape index (κ3) is 4.34. The van der Waals surface area contributed by atoms with Crippen molar-refractivity contribution in [3.63, 3.8) is 0 Å². The number of rotatable bonds is 7. The second-order valence-corrected chi connectivity index (χ2v) is 10.1. The molecule has 0 saturated carbocycles. The molecule has 8 nitrogen and oxygen atoms in total. The molecule has 10 heteroatoms. The molecule has 0 amide bonds. The van der Waals surface area contributed by atoms with E-state index < -0.39 is 10.0 Å². The van der Waals surface area contributed by atoms with Gasteiger partial charge in [0.25, 0.3) is 0 Å². The van der Waals surface area contributed by atoms with Crippen LogP contribution in [0.1, 0.15) is 30.3 Å². The van der Waals surface area contributed by atoms with E-state index in [9.17, 15) is 13.5 Å². The van der Waals surface area contributed by atoms with Gasteiger partial charge in [0.2, 0.25) is 10.0 Å². The van der Waals surface area contributed by atoms with Gasteiger partial charge in [-0.15, -0.1) is 11.3 Å². The molecule has 2 heterocycles. The fourth-order valence-electron chi connectivity index (χ4n) is 3.59. The molecule has 2 aromatic carbocycles. The highest BCUT2D eigenvalue weighted by Crippen LogP contribution is 2.31. The van der Waals surface area contributed by atoms with Crippen LogP contribution >= 0.6 is 11.3 Å². The van der Waals surface area contributed by atoms with Crippen LogP contribution in [-0.4, -0.2) is 48.2 Å². The summed E-state index contributed by atoms with van der Waals surface area (Å²) in [5.41, 5.74) is 2.43. The number of phenolic OH excluding ortho intramolecular Hbond substituents is 1. The molecule has 0 aliphatic carbocycles. The number of aromatic nitrogens is 1. The van der Waals surface area contributed by atoms with Gasteiger partial charge in [-0.05, 0) is 50.1 Å². The van der Waals surface area contributed by atoms with E-state index in [0.717, 1.165) is 12.8 Å². The number of hydrogen-bond donors (Lipinski definition) is 2. The van der Waals surface area contributed by atoms with E-state index in [1.54, 1.807) is 30.3 Å². The maximum Gasteiger partial charge on any atom is 0.243 e. The molecule has 1 saturated heterocycles. The molecular formula is C22H24N4O4S2. The Labute approximate surface area is 191 Å². The minimum atomic E-state index is -3.51. The first-order valence-corrected chi connectivity index (χ1v) is 12.6. The summed E-state index contributed by atoms with van der Waals surface area (Å²) in [7, 11) is -3.51. The number of aromatic hydroxyl groups is 1. The van der Waals surface area contributed by atoms with E-state index in [2.05, 4.69) is 10.1 Å². The van der Waals surface area contributed by atoms with Crippen molar-refractivity contribution in [1.82, 2.24) is 9.29 Å². The van der Waals surface area contributed by atoms with E-state index in [4.69, 9.17) is 10.6 Å². The lowest BCUT2D eigenvalue weighted by Gasteiger charge is -2.15. The van der Waals surface area contributed by atoms with E-state index in [1.807, 2.05) is 18.4 Å². The molecule has 0 bridgehead atoms. The summed E-state index contributed by atoms with van der Waals surface area (Å²) < 4.78 is 32.8. The van der Waals surface area contributed by atoms with Crippen molar-refractivity contribution < 1.29 is 18.3 Å². The number of phenols is 1. The number of ether oxygens (including phenoxy) is 1. The quantitative estimate of drug-likeness (QED) is 0.309. The van der Waals surface area contributed by atoms with Crippen molar-refractivity contribution in [1.29, 1.82) is 0 Å². The van der Waals surface area contributed by atoms with Gasteiger partial charge >= 0.3 is 0 Å². The van der Waals surface area contributed by atoms with Crippen molar-refractivity contribution >= 4 is 27.1 Å². The standard InChI is InChI=1S/C22H24N4O4S2/c1-2-30-20-13-16(8-9-19(20)27)21(25-23)22-24-18(14-31-22)15-6-5-7-17(12-15)32(28,29)26-10-3-4-11-26/h5-9,12-14,27H,2-4,10-11,23H2,1H3/b25-21+. The van der Waals surface area contributed by atoms with Crippen molar-refractivity contribution in [2.24, 2.45) is 10.9 Å². The molecule has 168 valence electrons. The number of hydrazone groups is 1. The van der Waals surface area contributed by atoms with Crippen LogP contribution in [0.4, 0.5) is 0 Å². The van der Waals surface area contributed by atoms with Gasteiger partial charge in [-0.25, -0.2) is 13.4 Å². The van der Waals surface area contributed by atoms with Crippen molar-refractivity contribution in [3.8, 4) is 22.8 Å². The third-order valence-corrected chi connectivity index (χ3v) is 7.95. The average Bonchev–Trinajstić information content (AvgIpc) is 3.50. The van der Waals surface area contributed by atoms with Crippen LogP contribution in [0, 0.1) is 0 Å². The first-order valence-electron chi connectivity index (χ1n) is 10.2. The highest BCUT2D eigenvalue weighted by Gasteiger charge is 2.27. The summed E-state index contributed by atoms with van der Waals surface area (Å²) in [4.78, 5) is 4.91. The lowest BCUT2D eigenvalue weighted by atomic mass is 10.1. The Bertz CT molecular complexity index is 1250. The minimum Gasteiger partial charge on any atom is -0.504 e. The molecule has 3 aromatic rings. The molecule has 0 spiro atoms. The summed E-state index contributed by atoms with van der Waals surface area (Å²) in [5, 5.41) is 16.3. The Kier molecular flexibility index (Phi) is 6.45. The highest BCUT2D eigenvalue weighted by atomic mass is 32.2. The number of thiazole rings is 1. The van der Waals surface area contributed by atoms with E-state index in [-0.39, 0.29) is 10.6 Å². The Balaban J connectivity index is 1.65. The van der Waals surface area contributed by atoms with E-state index in [0.29, 0.717) is 53.0 Å². The second kappa shape index (κ2) is 9.27. The summed E-state index contributed by atoms with van der Waals surface area (Å²) in [6.45, 7) is 3.35. The zero-order valence-electron chi connectivity index (χ0n) is 17.6. The minimum absolute atomic E-state index is 0.0304. The molecule has 0 radical (unpaired) electrons. The maximum absolute atomic E-state index is 12.9. The summed E-state index contributed by atoms with van der Waals surface area (Å²) in [6.07, 6.45) is 1.77. The van der Waals surface area contributed by atoms with Gasteiger partial charge in [0.05, 0.1) is 17.2 Å². The summed E-state index contributed by atoms with van der Waals surface area (Å²) in [5.74, 6) is 6.03. The fraction of sp³-hybridized carbons (Fsp3) is 0.273. The number of nitrogens with two attached hydrogens (primary N) is 1. The average molecular weight is 473 g/mol. The van der Waals surface area contributed by atoms with Crippen LogP contribution in [0.2, 0.25) is 0 Å². The van der Waals surface area contributed by atoms with Crippen LogP contribution in [-0.2, 0) is 10.0 Å². The van der Waals surface area contributed by atoms with Gasteiger partial charge in [-0.1, -0.05) is 12.1 Å². The number of hydrogen-bond acceptors (Lipinski definition) is 8. The normalized spacial score (nSPS) is 15.2. The Morgan fingerprint density at radius 1 is 1.25 bits per heavy atom. The van der Waals surface area contributed by atoms with Gasteiger partial charge in [-0.3, -0.25) is 0 Å². The van der Waals surface area contributed by atoms with E-state index >= 15 is 0 Å². The van der Waals surface area contributed by atoms with Crippen molar-refractivity contribution in [2.75, 3.05) is 19.7 Å². The molecule has 32 heavy (non-hydrogen) atoms. The zero-order chi connectivity index (χ0) is 22.7. The van der Waals surface area contributed by atoms with Gasteiger partial charge in [-0.2, -0.15) is 9.41 Å². The third-order valence-electron chi connectivity index (χ3n) is 5.20. The fourth-order valence-corrected chi connectivity index (χ4v) is 6.00. The first-order chi connectivity index (χ1) is 15.4. The lowest BCUT2D eigenvalue weighted by molar-refractivity contribution is 0.318. The summed E-state index contributed by atoms with van der Waals surface area (Å²) in [6, 6.07) is 11.7. The second-order valence-electron chi connectivity index (χ2n) is 7.27. The van der Waals surface area contributed by atoms with Gasteiger partial charge in [0, 0.05) is 29.6 Å². The smallest absolute Gasteiger partial charge is 0.243 e. The van der Waals surface area contributed by atoms with E-state index in [1.165, 1.54) is 21.7 Å². The highest BCUT2D eigenvalue weighted by molar-refractivity contribution is 7.89. The molecule has 0 atom stereocenters.